The molecule has 2 aliphatic rings. The molecule has 0 bridgehead atoms. The van der Waals surface area contributed by atoms with Gasteiger partial charge in [0.2, 0.25) is 11.8 Å². The number of amides is 3. The molecule has 0 saturated heterocycles. The van der Waals surface area contributed by atoms with Crippen molar-refractivity contribution in [3.63, 3.8) is 0 Å². The second-order valence-electron chi connectivity index (χ2n) is 10.2. The number of carbonyl (C=O) groups is 3. The number of nitrogens with one attached hydrogen (secondary N) is 1. The molecule has 6 nitrogen and oxygen atoms in total. The van der Waals surface area contributed by atoms with E-state index >= 15 is 0 Å². The molecular weight excluding hydrogens is 521 g/mol. The molecule has 3 aromatic rings. The van der Waals surface area contributed by atoms with E-state index in [0.717, 1.165) is 47.7 Å². The molecular formula is C30H31Cl2N3O3. The summed E-state index contributed by atoms with van der Waals surface area (Å²) in [6.07, 6.45) is 4.81. The van der Waals surface area contributed by atoms with Crippen LogP contribution in [0.15, 0.2) is 54.6 Å². The second kappa shape index (κ2) is 11.3. The number of hydrogen-bond acceptors (Lipinski definition) is 3. The van der Waals surface area contributed by atoms with Crippen LogP contribution in [0.25, 0.3) is 10.8 Å². The Balaban J connectivity index is 1.29. The number of hydrogen-bond donors (Lipinski definition) is 1. The summed E-state index contributed by atoms with van der Waals surface area (Å²) in [6, 6.07) is 16.3. The van der Waals surface area contributed by atoms with Crippen LogP contribution in [-0.4, -0.2) is 41.2 Å². The molecule has 38 heavy (non-hydrogen) atoms. The molecule has 0 aromatic heterocycles. The number of halogens is 2. The highest BCUT2D eigenvalue weighted by Gasteiger charge is 2.31. The summed E-state index contributed by atoms with van der Waals surface area (Å²) in [5, 5.41) is 6.06. The Morgan fingerprint density at radius 1 is 1.08 bits per heavy atom. The van der Waals surface area contributed by atoms with Crippen LogP contribution < -0.4 is 10.2 Å². The van der Waals surface area contributed by atoms with E-state index in [0.29, 0.717) is 28.6 Å². The van der Waals surface area contributed by atoms with Crippen LogP contribution in [0, 0.1) is 0 Å². The predicted molar refractivity (Wildman–Crippen MR) is 152 cm³/mol. The van der Waals surface area contributed by atoms with Crippen molar-refractivity contribution in [1.29, 1.82) is 0 Å². The third-order valence-electron chi connectivity index (χ3n) is 7.65. The lowest BCUT2D eigenvalue weighted by Crippen LogP contribution is -2.49. The van der Waals surface area contributed by atoms with Crippen molar-refractivity contribution in [1.82, 2.24) is 10.2 Å². The molecule has 1 saturated carbocycles. The van der Waals surface area contributed by atoms with E-state index in [4.69, 9.17) is 23.2 Å². The van der Waals surface area contributed by atoms with Gasteiger partial charge in [0.05, 0.1) is 5.69 Å². The second-order valence-corrected chi connectivity index (χ2v) is 11.0. The van der Waals surface area contributed by atoms with Crippen molar-refractivity contribution < 1.29 is 14.4 Å². The molecule has 0 unspecified atom stereocenters. The first-order valence-corrected chi connectivity index (χ1v) is 14.0. The van der Waals surface area contributed by atoms with Gasteiger partial charge in [0.25, 0.3) is 5.91 Å². The first-order chi connectivity index (χ1) is 18.3. The van der Waals surface area contributed by atoms with E-state index in [2.05, 4.69) is 5.32 Å². The van der Waals surface area contributed by atoms with Gasteiger partial charge in [-0.1, -0.05) is 66.4 Å². The number of carbonyl (C=O) groups excluding carboxylic acids is 3. The van der Waals surface area contributed by atoms with Crippen LogP contribution >= 0.6 is 23.2 Å². The van der Waals surface area contributed by atoms with Gasteiger partial charge in [0.15, 0.2) is 0 Å². The van der Waals surface area contributed by atoms with E-state index < -0.39 is 6.04 Å². The lowest BCUT2D eigenvalue weighted by molar-refractivity contribution is -0.141. The topological polar surface area (TPSA) is 69.7 Å². The maximum atomic E-state index is 13.5. The van der Waals surface area contributed by atoms with Crippen LogP contribution in [0.3, 0.4) is 0 Å². The Morgan fingerprint density at radius 2 is 1.82 bits per heavy atom. The summed E-state index contributed by atoms with van der Waals surface area (Å²) in [6.45, 7) is 2.37. The summed E-state index contributed by atoms with van der Waals surface area (Å²) < 4.78 is 0. The van der Waals surface area contributed by atoms with Gasteiger partial charge in [0.1, 0.15) is 6.04 Å². The normalized spacial score (nSPS) is 15.8. The zero-order chi connectivity index (χ0) is 26.8. The van der Waals surface area contributed by atoms with Crippen molar-refractivity contribution >= 4 is 57.4 Å². The van der Waals surface area contributed by atoms with Gasteiger partial charge >= 0.3 is 0 Å². The Hall–Kier alpha value is -3.09. The minimum absolute atomic E-state index is 0.0432. The average molecular weight is 553 g/mol. The fourth-order valence-electron chi connectivity index (χ4n) is 5.54. The molecule has 3 amide bonds. The number of anilines is 1. The highest BCUT2D eigenvalue weighted by Crippen LogP contribution is 2.37. The van der Waals surface area contributed by atoms with Gasteiger partial charge in [-0.3, -0.25) is 14.4 Å². The van der Waals surface area contributed by atoms with Crippen molar-refractivity contribution in [3.8, 4) is 0 Å². The molecule has 198 valence electrons. The molecule has 8 heteroatoms. The molecule has 5 rings (SSSR count). The Morgan fingerprint density at radius 3 is 2.55 bits per heavy atom. The van der Waals surface area contributed by atoms with E-state index in [1.54, 1.807) is 34.9 Å². The highest BCUT2D eigenvalue weighted by molar-refractivity contribution is 6.35. The number of rotatable bonds is 9. The van der Waals surface area contributed by atoms with Gasteiger partial charge in [-0.05, 0) is 61.4 Å². The molecule has 3 aromatic carbocycles. The quantitative estimate of drug-likeness (QED) is 0.336. The van der Waals surface area contributed by atoms with Crippen molar-refractivity contribution in [2.45, 2.75) is 64.1 Å². The Kier molecular flexibility index (Phi) is 7.91. The third-order valence-corrected chi connectivity index (χ3v) is 8.23. The van der Waals surface area contributed by atoms with Crippen LogP contribution in [-0.2, 0) is 16.1 Å². The summed E-state index contributed by atoms with van der Waals surface area (Å²) in [7, 11) is 0. The molecule has 1 N–H and O–H groups in total. The van der Waals surface area contributed by atoms with Crippen LogP contribution in [0.4, 0.5) is 5.69 Å². The minimum atomic E-state index is -0.665. The van der Waals surface area contributed by atoms with E-state index in [9.17, 15) is 14.4 Å². The van der Waals surface area contributed by atoms with E-state index in [1.165, 1.54) is 0 Å². The Bertz CT molecular complexity index is 1380. The molecule has 1 fully saturated rings. The average Bonchev–Trinajstić information content (AvgIpc) is 3.51. The zero-order valence-corrected chi connectivity index (χ0v) is 22.9. The van der Waals surface area contributed by atoms with Gasteiger partial charge in [-0.15, -0.1) is 0 Å². The summed E-state index contributed by atoms with van der Waals surface area (Å²) >= 11 is 12.5. The largest absolute Gasteiger partial charge is 0.352 e. The lowest BCUT2D eigenvalue weighted by Gasteiger charge is -2.30. The van der Waals surface area contributed by atoms with Crippen molar-refractivity contribution in [2.75, 3.05) is 11.4 Å². The number of nitrogens with zero attached hydrogens (tertiary/aromatic N) is 2. The third kappa shape index (κ3) is 5.38. The standard InChI is InChI=1S/C30H31Cl2N3O3/c1-19(29(37)33-23-9-2-3-10-23)35(18-21-14-15-22(31)17-25(21)32)27(36)13-6-16-34-26-12-5-8-20-7-4-11-24(28(20)26)30(34)38/h4-5,7-8,11-12,14-15,17,19,23H,2-3,6,9-10,13,16,18H2,1H3,(H,33,37)/t19-/m1/s1. The van der Waals surface area contributed by atoms with Crippen molar-refractivity contribution in [3.05, 3.63) is 75.8 Å². The molecule has 1 aliphatic heterocycles. The molecule has 1 atom stereocenters. The summed E-state index contributed by atoms with van der Waals surface area (Å²) in [5.74, 6) is -0.363. The summed E-state index contributed by atoms with van der Waals surface area (Å²) in [5.41, 5.74) is 2.30. The van der Waals surface area contributed by atoms with E-state index in [1.807, 2.05) is 36.4 Å². The lowest BCUT2D eigenvalue weighted by atomic mass is 10.1. The van der Waals surface area contributed by atoms with Gasteiger partial charge in [-0.2, -0.15) is 0 Å². The van der Waals surface area contributed by atoms with E-state index in [-0.39, 0.29) is 36.7 Å². The fourth-order valence-corrected chi connectivity index (χ4v) is 6.01. The van der Waals surface area contributed by atoms with Crippen LogP contribution in [0.5, 0.6) is 0 Å². The fraction of sp³-hybridized carbons (Fsp3) is 0.367. The molecule has 0 radical (unpaired) electrons. The SMILES string of the molecule is C[C@H](C(=O)NC1CCCC1)N(Cc1ccc(Cl)cc1Cl)C(=O)CCCN1C(=O)c2cccc3cccc1c23. The van der Waals surface area contributed by atoms with Crippen LogP contribution in [0.2, 0.25) is 10.0 Å². The maximum Gasteiger partial charge on any atom is 0.258 e. The first kappa shape index (κ1) is 26.5. The maximum absolute atomic E-state index is 13.5. The van der Waals surface area contributed by atoms with Gasteiger partial charge < -0.3 is 15.1 Å². The minimum Gasteiger partial charge on any atom is -0.352 e. The summed E-state index contributed by atoms with van der Waals surface area (Å²) in [4.78, 5) is 43.1. The van der Waals surface area contributed by atoms with Crippen molar-refractivity contribution in [2.24, 2.45) is 0 Å². The first-order valence-electron chi connectivity index (χ1n) is 13.2. The zero-order valence-electron chi connectivity index (χ0n) is 21.4. The van der Waals surface area contributed by atoms with Gasteiger partial charge in [0, 0.05) is 46.5 Å². The predicted octanol–water partition coefficient (Wildman–Crippen LogP) is 6.36. The number of benzene rings is 3. The molecule has 0 spiro atoms. The smallest absolute Gasteiger partial charge is 0.258 e. The van der Waals surface area contributed by atoms with Crippen LogP contribution in [0.1, 0.15) is 61.4 Å². The Labute approximate surface area is 232 Å². The monoisotopic (exact) mass is 551 g/mol. The molecule has 1 heterocycles. The van der Waals surface area contributed by atoms with Gasteiger partial charge in [-0.25, -0.2) is 0 Å². The molecule has 1 aliphatic carbocycles. The highest BCUT2D eigenvalue weighted by atomic mass is 35.5.